The van der Waals surface area contributed by atoms with Gasteiger partial charge in [-0.25, -0.2) is 4.39 Å². The van der Waals surface area contributed by atoms with Crippen molar-refractivity contribution in [2.45, 2.75) is 6.61 Å². The van der Waals surface area contributed by atoms with E-state index in [1.54, 1.807) is 7.11 Å². The Morgan fingerprint density at radius 3 is 2.72 bits per heavy atom. The van der Waals surface area contributed by atoms with E-state index < -0.39 is 0 Å². The average molecular weight is 247 g/mol. The second-order valence-electron chi connectivity index (χ2n) is 3.86. The number of nitrogens with two attached hydrogens (primary N) is 1. The first-order chi connectivity index (χ1) is 8.69. The first-order valence-corrected chi connectivity index (χ1v) is 5.50. The molecule has 0 aliphatic heterocycles. The van der Waals surface area contributed by atoms with Crippen LogP contribution in [-0.4, -0.2) is 7.11 Å². The van der Waals surface area contributed by atoms with Crippen LogP contribution in [0.25, 0.3) is 0 Å². The van der Waals surface area contributed by atoms with E-state index in [9.17, 15) is 4.39 Å². The molecule has 0 heterocycles. The molecule has 0 saturated carbocycles. The summed E-state index contributed by atoms with van der Waals surface area (Å²) >= 11 is 0. The summed E-state index contributed by atoms with van der Waals surface area (Å²) in [7, 11) is 1.63. The highest BCUT2D eigenvalue weighted by Gasteiger charge is 2.04. The summed E-state index contributed by atoms with van der Waals surface area (Å²) in [6.45, 7) is 0.510. The second kappa shape index (κ2) is 5.51. The van der Waals surface area contributed by atoms with Crippen LogP contribution in [0.5, 0.6) is 11.5 Å². The Morgan fingerprint density at radius 1 is 1.17 bits per heavy atom. The molecule has 18 heavy (non-hydrogen) atoms. The van der Waals surface area contributed by atoms with Gasteiger partial charge in [-0.05, 0) is 29.8 Å². The lowest BCUT2D eigenvalue weighted by Gasteiger charge is -2.09. The zero-order chi connectivity index (χ0) is 13.0. The Labute approximate surface area is 105 Å². The van der Waals surface area contributed by atoms with Gasteiger partial charge in [0.15, 0.2) is 5.75 Å². The molecule has 2 aromatic rings. The molecule has 3 nitrogen and oxygen atoms in total. The molecular formula is C14H14FNO2. The van der Waals surface area contributed by atoms with Crippen LogP contribution in [-0.2, 0) is 11.3 Å². The summed E-state index contributed by atoms with van der Waals surface area (Å²) in [5, 5.41) is 0. The zero-order valence-electron chi connectivity index (χ0n) is 10.0. The Morgan fingerprint density at radius 2 is 2.00 bits per heavy atom. The zero-order valence-corrected chi connectivity index (χ0v) is 10.0. The van der Waals surface area contributed by atoms with Gasteiger partial charge >= 0.3 is 0 Å². The van der Waals surface area contributed by atoms with Crippen LogP contribution in [0.1, 0.15) is 5.56 Å². The number of benzene rings is 2. The normalized spacial score (nSPS) is 10.3. The van der Waals surface area contributed by atoms with E-state index in [1.807, 2.05) is 24.3 Å². The molecule has 0 radical (unpaired) electrons. The molecule has 0 unspecified atom stereocenters. The average Bonchev–Trinajstić information content (AvgIpc) is 2.34. The summed E-state index contributed by atoms with van der Waals surface area (Å²) in [6.07, 6.45) is 0. The van der Waals surface area contributed by atoms with Crippen molar-refractivity contribution in [3.8, 4) is 11.5 Å². The molecule has 94 valence electrons. The summed E-state index contributed by atoms with van der Waals surface area (Å²) in [5.41, 5.74) is 6.94. The first kappa shape index (κ1) is 12.4. The Hall–Kier alpha value is -2.07. The summed E-state index contributed by atoms with van der Waals surface area (Å²) in [4.78, 5) is 0. The van der Waals surface area contributed by atoms with Crippen LogP contribution in [0.15, 0.2) is 42.5 Å². The number of hydrogen-bond acceptors (Lipinski definition) is 3. The minimum absolute atomic E-state index is 0.271. The first-order valence-electron chi connectivity index (χ1n) is 5.50. The third kappa shape index (κ3) is 2.99. The van der Waals surface area contributed by atoms with Gasteiger partial charge in [-0.1, -0.05) is 12.1 Å². The van der Waals surface area contributed by atoms with Crippen molar-refractivity contribution in [2.75, 3.05) is 12.8 Å². The van der Waals surface area contributed by atoms with Crippen LogP contribution in [0.2, 0.25) is 0 Å². The van der Waals surface area contributed by atoms with Crippen molar-refractivity contribution in [1.82, 2.24) is 0 Å². The fourth-order valence-corrected chi connectivity index (χ4v) is 1.60. The molecule has 2 N–H and O–H groups in total. The van der Waals surface area contributed by atoms with Gasteiger partial charge in [0, 0.05) is 13.2 Å². The lowest BCUT2D eigenvalue weighted by atomic mass is 10.2. The highest BCUT2D eigenvalue weighted by Crippen LogP contribution is 2.28. The minimum atomic E-state index is -0.381. The standard InChI is InChI=1S/C14H14FNO2/c1-17-9-10-3-2-4-12(7-10)18-14-6-5-11(15)8-13(14)16/h2-8H,9,16H2,1H3. The van der Waals surface area contributed by atoms with E-state index >= 15 is 0 Å². The molecule has 2 rings (SSSR count). The maximum Gasteiger partial charge on any atom is 0.150 e. The number of anilines is 1. The van der Waals surface area contributed by atoms with E-state index in [2.05, 4.69) is 0 Å². The fraction of sp³-hybridized carbons (Fsp3) is 0.143. The summed E-state index contributed by atoms with van der Waals surface area (Å²) in [6, 6.07) is 11.5. The number of halogens is 1. The largest absolute Gasteiger partial charge is 0.455 e. The van der Waals surface area contributed by atoms with Gasteiger partial charge in [0.1, 0.15) is 11.6 Å². The third-order valence-corrected chi connectivity index (χ3v) is 2.41. The molecule has 0 atom stereocenters. The van der Waals surface area contributed by atoms with E-state index in [4.69, 9.17) is 15.2 Å². The Kier molecular flexibility index (Phi) is 3.79. The van der Waals surface area contributed by atoms with Crippen molar-refractivity contribution >= 4 is 5.69 Å². The number of nitrogen functional groups attached to an aromatic ring is 1. The fourth-order valence-electron chi connectivity index (χ4n) is 1.60. The van der Waals surface area contributed by atoms with Gasteiger partial charge in [-0.3, -0.25) is 0 Å². The van der Waals surface area contributed by atoms with Gasteiger partial charge in [-0.2, -0.15) is 0 Å². The SMILES string of the molecule is COCc1cccc(Oc2ccc(F)cc2N)c1. The number of rotatable bonds is 4. The van der Waals surface area contributed by atoms with Crippen molar-refractivity contribution < 1.29 is 13.9 Å². The molecular weight excluding hydrogens is 233 g/mol. The molecule has 4 heteroatoms. The number of methoxy groups -OCH3 is 1. The molecule has 0 aliphatic rings. The Bertz CT molecular complexity index is 543. The van der Waals surface area contributed by atoms with Gasteiger partial charge in [0.05, 0.1) is 12.3 Å². The van der Waals surface area contributed by atoms with Crippen LogP contribution >= 0.6 is 0 Å². The number of ether oxygens (including phenoxy) is 2. The van der Waals surface area contributed by atoms with Crippen LogP contribution in [0.4, 0.5) is 10.1 Å². The van der Waals surface area contributed by atoms with Crippen molar-refractivity contribution in [3.05, 3.63) is 53.8 Å². The predicted octanol–water partition coefficient (Wildman–Crippen LogP) is 3.35. The maximum absolute atomic E-state index is 12.9. The lowest BCUT2D eigenvalue weighted by molar-refractivity contribution is 0.184. The molecule has 0 aromatic heterocycles. The predicted molar refractivity (Wildman–Crippen MR) is 68.0 cm³/mol. The van der Waals surface area contributed by atoms with Crippen molar-refractivity contribution in [1.29, 1.82) is 0 Å². The maximum atomic E-state index is 12.9. The van der Waals surface area contributed by atoms with E-state index in [1.165, 1.54) is 18.2 Å². The smallest absolute Gasteiger partial charge is 0.150 e. The van der Waals surface area contributed by atoms with Gasteiger partial charge in [-0.15, -0.1) is 0 Å². The second-order valence-corrected chi connectivity index (χ2v) is 3.86. The quantitative estimate of drug-likeness (QED) is 0.843. The number of hydrogen-bond donors (Lipinski definition) is 1. The third-order valence-electron chi connectivity index (χ3n) is 2.41. The molecule has 0 bridgehead atoms. The van der Waals surface area contributed by atoms with Crippen molar-refractivity contribution in [3.63, 3.8) is 0 Å². The minimum Gasteiger partial charge on any atom is -0.455 e. The highest BCUT2D eigenvalue weighted by atomic mass is 19.1. The monoisotopic (exact) mass is 247 g/mol. The summed E-state index contributed by atoms with van der Waals surface area (Å²) in [5.74, 6) is 0.696. The molecule has 0 saturated heterocycles. The molecule has 0 aliphatic carbocycles. The van der Waals surface area contributed by atoms with E-state index in [0.29, 0.717) is 18.1 Å². The lowest BCUT2D eigenvalue weighted by Crippen LogP contribution is -1.94. The van der Waals surface area contributed by atoms with E-state index in [0.717, 1.165) is 5.56 Å². The van der Waals surface area contributed by atoms with Crippen molar-refractivity contribution in [2.24, 2.45) is 0 Å². The summed E-state index contributed by atoms with van der Waals surface area (Å²) < 4.78 is 23.5. The topological polar surface area (TPSA) is 44.5 Å². The van der Waals surface area contributed by atoms with E-state index in [-0.39, 0.29) is 11.5 Å². The highest BCUT2D eigenvalue weighted by molar-refractivity contribution is 5.54. The van der Waals surface area contributed by atoms with Crippen LogP contribution < -0.4 is 10.5 Å². The molecule has 0 fully saturated rings. The van der Waals surface area contributed by atoms with Gasteiger partial charge in [0.2, 0.25) is 0 Å². The Balaban J connectivity index is 2.20. The molecule has 0 amide bonds. The molecule has 0 spiro atoms. The molecule has 2 aromatic carbocycles. The van der Waals surface area contributed by atoms with Gasteiger partial charge in [0.25, 0.3) is 0 Å². The van der Waals surface area contributed by atoms with Crippen LogP contribution in [0.3, 0.4) is 0 Å². The van der Waals surface area contributed by atoms with Crippen LogP contribution in [0, 0.1) is 5.82 Å². The van der Waals surface area contributed by atoms with Gasteiger partial charge < -0.3 is 15.2 Å².